The highest BCUT2D eigenvalue weighted by Crippen LogP contribution is 2.19. The van der Waals surface area contributed by atoms with Gasteiger partial charge in [0, 0.05) is 19.2 Å². The van der Waals surface area contributed by atoms with E-state index in [2.05, 4.69) is 10.6 Å². The molecule has 0 radical (unpaired) electrons. The number of hydrogen-bond donors (Lipinski definition) is 2. The van der Waals surface area contributed by atoms with Crippen molar-refractivity contribution in [1.29, 1.82) is 0 Å². The van der Waals surface area contributed by atoms with Crippen molar-refractivity contribution >= 4 is 17.7 Å². The lowest BCUT2D eigenvalue weighted by atomic mass is 10.0. The van der Waals surface area contributed by atoms with Crippen LogP contribution in [0, 0.1) is 5.92 Å². The van der Waals surface area contributed by atoms with Gasteiger partial charge in [0.15, 0.2) is 0 Å². The van der Waals surface area contributed by atoms with Gasteiger partial charge in [0.1, 0.15) is 5.60 Å². The van der Waals surface area contributed by atoms with Crippen molar-refractivity contribution in [2.45, 2.75) is 39.2 Å². The van der Waals surface area contributed by atoms with Gasteiger partial charge in [-0.1, -0.05) is 0 Å². The molecule has 0 bridgehead atoms. The number of furan rings is 1. The molecule has 7 nitrogen and oxygen atoms in total. The summed E-state index contributed by atoms with van der Waals surface area (Å²) in [4.78, 5) is 24.0. The molecular weight excluding hydrogens is 300 g/mol. The third-order valence-corrected chi connectivity index (χ3v) is 3.31. The van der Waals surface area contributed by atoms with Gasteiger partial charge in [-0.25, -0.2) is 4.79 Å². The van der Waals surface area contributed by atoms with Crippen LogP contribution in [0.4, 0.5) is 10.5 Å². The molecule has 0 aromatic carbocycles. The van der Waals surface area contributed by atoms with Gasteiger partial charge < -0.3 is 19.2 Å². The van der Waals surface area contributed by atoms with Crippen LogP contribution in [-0.2, 0) is 9.47 Å². The Morgan fingerprint density at radius 2 is 2.17 bits per heavy atom. The van der Waals surface area contributed by atoms with Crippen LogP contribution in [0.2, 0.25) is 0 Å². The molecule has 2 heterocycles. The highest BCUT2D eigenvalue weighted by molar-refractivity contribution is 6.00. The second kappa shape index (κ2) is 7.50. The summed E-state index contributed by atoms with van der Waals surface area (Å²) in [6.45, 7) is 7.25. The Balaban J connectivity index is 1.88. The Hall–Kier alpha value is -2.02. The molecule has 2 rings (SSSR count). The molecule has 23 heavy (non-hydrogen) atoms. The maximum Gasteiger partial charge on any atom is 0.412 e. The first-order valence-corrected chi connectivity index (χ1v) is 7.78. The summed E-state index contributed by atoms with van der Waals surface area (Å²) in [5.41, 5.74) is -0.325. The minimum Gasteiger partial charge on any atom is -0.457 e. The van der Waals surface area contributed by atoms with Gasteiger partial charge >= 0.3 is 6.09 Å². The third-order valence-electron chi connectivity index (χ3n) is 3.31. The monoisotopic (exact) mass is 324 g/mol. The first kappa shape index (κ1) is 17.3. The molecule has 128 valence electrons. The lowest BCUT2D eigenvalue weighted by molar-refractivity contribution is 0.0533. The fourth-order valence-corrected chi connectivity index (χ4v) is 2.28. The van der Waals surface area contributed by atoms with E-state index >= 15 is 0 Å². The summed E-state index contributed by atoms with van der Waals surface area (Å²) in [5.74, 6) is 0.00384. The van der Waals surface area contributed by atoms with E-state index in [9.17, 15) is 9.59 Å². The molecule has 1 atom stereocenters. The van der Waals surface area contributed by atoms with Crippen LogP contribution in [0.5, 0.6) is 0 Å². The minimum atomic E-state index is -0.631. The molecule has 1 aliphatic rings. The molecule has 1 aromatic rings. The summed E-state index contributed by atoms with van der Waals surface area (Å²) in [7, 11) is 0. The molecule has 0 spiro atoms. The van der Waals surface area contributed by atoms with Crippen LogP contribution in [0.3, 0.4) is 0 Å². The van der Waals surface area contributed by atoms with Crippen molar-refractivity contribution in [2.24, 2.45) is 5.92 Å². The zero-order chi connectivity index (χ0) is 16.9. The van der Waals surface area contributed by atoms with Gasteiger partial charge in [-0.05, 0) is 39.5 Å². The van der Waals surface area contributed by atoms with E-state index in [0.29, 0.717) is 19.1 Å². The number of hydrogen-bond acceptors (Lipinski definition) is 5. The summed E-state index contributed by atoms with van der Waals surface area (Å²) >= 11 is 0. The van der Waals surface area contributed by atoms with E-state index in [1.807, 2.05) is 0 Å². The molecule has 0 saturated carbocycles. The molecule has 1 fully saturated rings. The molecule has 1 aliphatic heterocycles. The highest BCUT2D eigenvalue weighted by Gasteiger charge is 2.22. The first-order valence-electron chi connectivity index (χ1n) is 7.78. The van der Waals surface area contributed by atoms with Crippen molar-refractivity contribution in [3.8, 4) is 0 Å². The van der Waals surface area contributed by atoms with Crippen molar-refractivity contribution in [3.63, 3.8) is 0 Å². The third kappa shape index (κ3) is 5.59. The summed E-state index contributed by atoms with van der Waals surface area (Å²) in [5, 5.41) is 5.34. The standard InChI is InChI=1S/C16H24N2O5/c1-16(2,3)23-15(20)18-12-6-8-22-13(12)14(19)17-9-11-5-4-7-21-10-11/h6,8,11H,4-5,7,9-10H2,1-3H3,(H,17,19)(H,18,20)/t11-/m0/s1. The average molecular weight is 324 g/mol. The number of rotatable bonds is 4. The number of ether oxygens (including phenoxy) is 2. The second-order valence-corrected chi connectivity index (χ2v) is 6.58. The van der Waals surface area contributed by atoms with Crippen LogP contribution in [0.15, 0.2) is 16.7 Å². The maximum absolute atomic E-state index is 12.2. The van der Waals surface area contributed by atoms with Gasteiger partial charge in [-0.15, -0.1) is 0 Å². The van der Waals surface area contributed by atoms with E-state index in [1.54, 1.807) is 20.8 Å². The highest BCUT2D eigenvalue weighted by atomic mass is 16.6. The van der Waals surface area contributed by atoms with Gasteiger partial charge in [-0.2, -0.15) is 0 Å². The molecule has 1 saturated heterocycles. The average Bonchev–Trinajstić information content (AvgIpc) is 2.92. The largest absolute Gasteiger partial charge is 0.457 e. The lowest BCUT2D eigenvalue weighted by Gasteiger charge is -2.22. The smallest absolute Gasteiger partial charge is 0.412 e. The van der Waals surface area contributed by atoms with Crippen molar-refractivity contribution in [2.75, 3.05) is 25.1 Å². The molecule has 2 amide bonds. The topological polar surface area (TPSA) is 89.8 Å². The molecule has 0 unspecified atom stereocenters. The van der Waals surface area contributed by atoms with Crippen LogP contribution in [0.1, 0.15) is 44.2 Å². The number of anilines is 1. The minimum absolute atomic E-state index is 0.0626. The zero-order valence-electron chi connectivity index (χ0n) is 13.8. The second-order valence-electron chi connectivity index (χ2n) is 6.58. The van der Waals surface area contributed by atoms with Crippen LogP contribution in [-0.4, -0.2) is 37.4 Å². The zero-order valence-corrected chi connectivity index (χ0v) is 13.8. The fraction of sp³-hybridized carbons (Fsp3) is 0.625. The summed E-state index contributed by atoms with van der Waals surface area (Å²) in [6, 6.07) is 1.52. The summed E-state index contributed by atoms with van der Waals surface area (Å²) < 4.78 is 15.7. The van der Waals surface area contributed by atoms with Gasteiger partial charge in [-0.3, -0.25) is 10.1 Å². The van der Waals surface area contributed by atoms with E-state index in [4.69, 9.17) is 13.9 Å². The first-order chi connectivity index (χ1) is 10.8. The SMILES string of the molecule is CC(C)(C)OC(=O)Nc1ccoc1C(=O)NC[C@@H]1CCCOC1. The number of nitrogens with one attached hydrogen (secondary N) is 2. The fourth-order valence-electron chi connectivity index (χ4n) is 2.28. The number of carbonyl (C=O) groups is 2. The predicted octanol–water partition coefficient (Wildman–Crippen LogP) is 2.78. The van der Waals surface area contributed by atoms with Gasteiger partial charge in [0.25, 0.3) is 5.91 Å². The molecule has 1 aromatic heterocycles. The Kier molecular flexibility index (Phi) is 5.65. The van der Waals surface area contributed by atoms with E-state index < -0.39 is 11.7 Å². The van der Waals surface area contributed by atoms with E-state index in [1.165, 1.54) is 12.3 Å². The van der Waals surface area contributed by atoms with Crippen molar-refractivity contribution < 1.29 is 23.5 Å². The normalized spacial score (nSPS) is 18.3. The molecule has 0 aliphatic carbocycles. The van der Waals surface area contributed by atoms with E-state index in [0.717, 1.165) is 19.4 Å². The Labute approximate surface area is 135 Å². The van der Waals surface area contributed by atoms with Crippen LogP contribution >= 0.6 is 0 Å². The van der Waals surface area contributed by atoms with Gasteiger partial charge in [0.05, 0.1) is 18.6 Å². The van der Waals surface area contributed by atoms with Gasteiger partial charge in [0.2, 0.25) is 5.76 Å². The maximum atomic E-state index is 12.2. The molecule has 2 N–H and O–H groups in total. The summed E-state index contributed by atoms with van der Waals surface area (Å²) in [6.07, 6.45) is 2.76. The van der Waals surface area contributed by atoms with Crippen molar-refractivity contribution in [3.05, 3.63) is 18.1 Å². The number of amides is 2. The number of carbonyl (C=O) groups excluding carboxylic acids is 2. The predicted molar refractivity (Wildman–Crippen MR) is 84.4 cm³/mol. The Morgan fingerprint density at radius 3 is 2.83 bits per heavy atom. The molecular formula is C16H24N2O5. The van der Waals surface area contributed by atoms with Crippen molar-refractivity contribution in [1.82, 2.24) is 5.32 Å². The Bertz CT molecular complexity index is 541. The molecule has 7 heteroatoms. The van der Waals surface area contributed by atoms with Crippen LogP contribution < -0.4 is 10.6 Å². The van der Waals surface area contributed by atoms with E-state index in [-0.39, 0.29) is 17.4 Å². The Morgan fingerprint density at radius 1 is 1.39 bits per heavy atom. The quantitative estimate of drug-likeness (QED) is 0.889. The van der Waals surface area contributed by atoms with Crippen LogP contribution in [0.25, 0.3) is 0 Å². The lowest BCUT2D eigenvalue weighted by Crippen LogP contribution is -2.33.